The lowest BCUT2D eigenvalue weighted by atomic mass is 10.0. The molecule has 0 bridgehead atoms. The molecule has 6 nitrogen and oxygen atoms in total. The van der Waals surface area contributed by atoms with Crippen LogP contribution in [-0.2, 0) is 6.54 Å². The van der Waals surface area contributed by atoms with E-state index in [1.165, 1.54) is 0 Å². The summed E-state index contributed by atoms with van der Waals surface area (Å²) in [5, 5.41) is 8.19. The number of hydrogen-bond donors (Lipinski definition) is 1. The van der Waals surface area contributed by atoms with E-state index >= 15 is 0 Å². The van der Waals surface area contributed by atoms with Gasteiger partial charge in [-0.1, -0.05) is 29.8 Å². The van der Waals surface area contributed by atoms with Crippen molar-refractivity contribution in [1.29, 1.82) is 0 Å². The molecule has 2 aromatic carbocycles. The molecule has 30 heavy (non-hydrogen) atoms. The third-order valence-electron chi connectivity index (χ3n) is 5.15. The van der Waals surface area contributed by atoms with Crippen LogP contribution in [0.25, 0.3) is 28.2 Å². The minimum Gasteiger partial charge on any atom is -0.497 e. The van der Waals surface area contributed by atoms with Crippen LogP contribution in [0.15, 0.2) is 66.9 Å². The van der Waals surface area contributed by atoms with Gasteiger partial charge in [-0.3, -0.25) is 4.79 Å². The van der Waals surface area contributed by atoms with Crippen LogP contribution in [0.1, 0.15) is 15.9 Å². The largest absolute Gasteiger partial charge is 0.497 e. The topological polar surface area (TPSA) is 69.0 Å². The van der Waals surface area contributed by atoms with E-state index in [1.807, 2.05) is 59.3 Å². The Morgan fingerprint density at radius 1 is 1.07 bits per heavy atom. The summed E-state index contributed by atoms with van der Waals surface area (Å²) >= 11 is 6.15. The van der Waals surface area contributed by atoms with Gasteiger partial charge in [0.15, 0.2) is 0 Å². The first kappa shape index (κ1) is 18.4. The molecule has 3 heterocycles. The molecule has 0 atom stereocenters. The summed E-state index contributed by atoms with van der Waals surface area (Å²) in [6.07, 6.45) is 1.67. The molecular weight excluding hydrogens is 400 g/mol. The van der Waals surface area contributed by atoms with Crippen LogP contribution >= 0.6 is 11.6 Å². The number of benzene rings is 2. The van der Waals surface area contributed by atoms with Crippen LogP contribution in [-0.4, -0.2) is 27.8 Å². The zero-order chi connectivity index (χ0) is 20.7. The van der Waals surface area contributed by atoms with Gasteiger partial charge in [0.25, 0.3) is 5.91 Å². The number of halogens is 1. The molecule has 5 rings (SSSR count). The molecule has 0 unspecified atom stereocenters. The van der Waals surface area contributed by atoms with Crippen LogP contribution < -0.4 is 10.1 Å². The first-order valence-electron chi connectivity index (χ1n) is 9.41. The van der Waals surface area contributed by atoms with E-state index in [0.29, 0.717) is 17.3 Å². The van der Waals surface area contributed by atoms with E-state index in [2.05, 4.69) is 10.3 Å². The van der Waals surface area contributed by atoms with Crippen molar-refractivity contribution in [2.24, 2.45) is 0 Å². The molecular formula is C23H17ClN4O2. The Hall–Kier alpha value is -3.64. The van der Waals surface area contributed by atoms with Gasteiger partial charge in [-0.15, -0.1) is 0 Å². The van der Waals surface area contributed by atoms with Gasteiger partial charge in [-0.05, 0) is 42.0 Å². The lowest BCUT2D eigenvalue weighted by molar-refractivity contribution is 0.0965. The highest BCUT2D eigenvalue weighted by Crippen LogP contribution is 2.33. The highest BCUT2D eigenvalue weighted by Gasteiger charge is 2.24. The molecule has 0 aliphatic carbocycles. The minimum atomic E-state index is -0.0554. The predicted molar refractivity (Wildman–Crippen MR) is 115 cm³/mol. The Morgan fingerprint density at radius 2 is 1.90 bits per heavy atom. The molecule has 1 aliphatic heterocycles. The van der Waals surface area contributed by atoms with Crippen molar-refractivity contribution in [3.05, 3.63) is 83.1 Å². The first-order chi connectivity index (χ1) is 14.6. The molecule has 0 saturated heterocycles. The third-order valence-corrected chi connectivity index (χ3v) is 5.36. The summed E-state index contributed by atoms with van der Waals surface area (Å²) in [7, 11) is 1.63. The fourth-order valence-corrected chi connectivity index (χ4v) is 3.89. The number of nitrogens with one attached hydrogen (secondary N) is 1. The smallest absolute Gasteiger partial charge is 0.251 e. The monoisotopic (exact) mass is 416 g/mol. The van der Waals surface area contributed by atoms with Crippen molar-refractivity contribution < 1.29 is 9.53 Å². The van der Waals surface area contributed by atoms with Crippen molar-refractivity contribution in [2.45, 2.75) is 6.54 Å². The number of nitrogens with zero attached hydrogens (tertiary/aromatic N) is 3. The van der Waals surface area contributed by atoms with Gasteiger partial charge >= 0.3 is 0 Å². The molecule has 148 valence electrons. The van der Waals surface area contributed by atoms with Crippen LogP contribution in [0.4, 0.5) is 0 Å². The molecule has 1 N–H and O–H groups in total. The number of rotatable bonds is 4. The number of pyridine rings is 1. The number of carbonyl (C=O) groups excluding carboxylic acids is 1. The standard InChI is InChI=1S/C23H17ClN4O2/c1-30-16-5-2-4-15(11-16)28-21(14-8-9-25-22(24)10-14)12-20(27-28)17-6-3-7-18-19(17)13-26-23(18)29/h2-12H,13H2,1H3,(H,26,29). The van der Waals surface area contributed by atoms with E-state index in [9.17, 15) is 4.79 Å². The molecule has 0 fully saturated rings. The molecule has 0 radical (unpaired) electrons. The number of amides is 1. The van der Waals surface area contributed by atoms with Gasteiger partial charge in [0.05, 0.1) is 24.2 Å². The minimum absolute atomic E-state index is 0.0554. The van der Waals surface area contributed by atoms with Gasteiger partial charge in [-0.25, -0.2) is 9.67 Å². The maximum atomic E-state index is 12.1. The van der Waals surface area contributed by atoms with Gasteiger partial charge in [0.2, 0.25) is 0 Å². The second kappa shape index (κ2) is 7.31. The van der Waals surface area contributed by atoms with Crippen molar-refractivity contribution in [2.75, 3.05) is 7.11 Å². The fourth-order valence-electron chi connectivity index (χ4n) is 3.71. The molecule has 2 aromatic heterocycles. The molecule has 0 spiro atoms. The summed E-state index contributed by atoms with van der Waals surface area (Å²) in [4.78, 5) is 16.2. The summed E-state index contributed by atoms with van der Waals surface area (Å²) in [5.41, 5.74) is 5.94. The normalized spacial score (nSPS) is 12.5. The zero-order valence-corrected chi connectivity index (χ0v) is 16.8. The Bertz CT molecular complexity index is 1280. The van der Waals surface area contributed by atoms with Gasteiger partial charge < -0.3 is 10.1 Å². The van der Waals surface area contributed by atoms with E-state index < -0.39 is 0 Å². The lowest BCUT2D eigenvalue weighted by Gasteiger charge is -2.09. The zero-order valence-electron chi connectivity index (χ0n) is 16.1. The number of aromatic nitrogens is 3. The maximum absolute atomic E-state index is 12.1. The summed E-state index contributed by atoms with van der Waals surface area (Å²) in [6, 6.07) is 19.1. The predicted octanol–water partition coefficient (Wildman–Crippen LogP) is 4.51. The number of hydrogen-bond acceptors (Lipinski definition) is 4. The van der Waals surface area contributed by atoms with Crippen molar-refractivity contribution in [3.8, 4) is 34.0 Å². The van der Waals surface area contributed by atoms with Crippen molar-refractivity contribution in [1.82, 2.24) is 20.1 Å². The maximum Gasteiger partial charge on any atom is 0.251 e. The number of fused-ring (bicyclic) bond motifs is 1. The van der Waals surface area contributed by atoms with Crippen LogP contribution in [0.2, 0.25) is 5.15 Å². The van der Waals surface area contributed by atoms with Crippen molar-refractivity contribution in [3.63, 3.8) is 0 Å². The number of ether oxygens (including phenoxy) is 1. The Morgan fingerprint density at radius 3 is 2.73 bits per heavy atom. The quantitative estimate of drug-likeness (QED) is 0.497. The Balaban J connectivity index is 1.73. The van der Waals surface area contributed by atoms with Crippen LogP contribution in [0.5, 0.6) is 5.75 Å². The SMILES string of the molecule is COc1cccc(-n2nc(-c3cccc4c3CNC4=O)cc2-c2ccnc(Cl)c2)c1. The average molecular weight is 417 g/mol. The molecule has 4 aromatic rings. The second-order valence-electron chi connectivity index (χ2n) is 6.91. The van der Waals surface area contributed by atoms with E-state index in [0.717, 1.165) is 39.5 Å². The Kier molecular flexibility index (Phi) is 4.48. The highest BCUT2D eigenvalue weighted by molar-refractivity contribution is 6.29. The molecule has 1 aliphatic rings. The van der Waals surface area contributed by atoms with Gasteiger partial charge in [0.1, 0.15) is 10.9 Å². The lowest BCUT2D eigenvalue weighted by Crippen LogP contribution is -2.12. The number of carbonyl (C=O) groups is 1. The Labute approximate surface area is 178 Å². The average Bonchev–Trinajstić information content (AvgIpc) is 3.38. The van der Waals surface area contributed by atoms with Crippen LogP contribution in [0, 0.1) is 0 Å². The van der Waals surface area contributed by atoms with Crippen LogP contribution in [0.3, 0.4) is 0 Å². The molecule has 1 amide bonds. The highest BCUT2D eigenvalue weighted by atomic mass is 35.5. The second-order valence-corrected chi connectivity index (χ2v) is 7.30. The van der Waals surface area contributed by atoms with Gasteiger partial charge in [0, 0.05) is 35.5 Å². The third kappa shape index (κ3) is 3.11. The van der Waals surface area contributed by atoms with Gasteiger partial charge in [-0.2, -0.15) is 5.10 Å². The van der Waals surface area contributed by atoms with E-state index in [4.69, 9.17) is 21.4 Å². The summed E-state index contributed by atoms with van der Waals surface area (Å²) in [5.74, 6) is 0.680. The van der Waals surface area contributed by atoms with E-state index in [-0.39, 0.29) is 5.91 Å². The summed E-state index contributed by atoms with van der Waals surface area (Å²) < 4.78 is 7.24. The van der Waals surface area contributed by atoms with E-state index in [1.54, 1.807) is 19.4 Å². The van der Waals surface area contributed by atoms with Crippen molar-refractivity contribution >= 4 is 17.5 Å². The first-order valence-corrected chi connectivity index (χ1v) is 9.79. The molecule has 0 saturated carbocycles. The summed E-state index contributed by atoms with van der Waals surface area (Å²) in [6.45, 7) is 0.493. The molecule has 7 heteroatoms. The fraction of sp³-hybridized carbons (Fsp3) is 0.0870. The number of methoxy groups -OCH3 is 1.